The van der Waals surface area contributed by atoms with Crippen molar-refractivity contribution in [2.75, 3.05) is 19.6 Å². The molecule has 0 amide bonds. The van der Waals surface area contributed by atoms with Crippen molar-refractivity contribution >= 4 is 23.0 Å². The lowest BCUT2D eigenvalue weighted by molar-refractivity contribution is -0.385. The van der Waals surface area contributed by atoms with Crippen molar-refractivity contribution in [3.63, 3.8) is 0 Å². The molecule has 1 saturated heterocycles. The minimum atomic E-state index is -0.337. The Morgan fingerprint density at radius 2 is 2.24 bits per heavy atom. The standard InChI is InChI=1S/C11H13N3O2S/c15-14(16)10-4-2-1-3-9(10)5-7-13-8-6-12-11(13)17/h1-4H,5-8H2,(H,12,17). The zero-order chi connectivity index (χ0) is 12.3. The molecule has 1 aromatic rings. The second-order valence-corrected chi connectivity index (χ2v) is 4.24. The summed E-state index contributed by atoms with van der Waals surface area (Å²) in [5.74, 6) is 0. The summed E-state index contributed by atoms with van der Waals surface area (Å²) in [7, 11) is 0. The molecule has 5 nitrogen and oxygen atoms in total. The minimum Gasteiger partial charge on any atom is -0.361 e. The van der Waals surface area contributed by atoms with Gasteiger partial charge in [-0.05, 0) is 18.6 Å². The Balaban J connectivity index is 2.03. The SMILES string of the molecule is O=[N+]([O-])c1ccccc1CCN1CCNC1=S. The molecule has 0 atom stereocenters. The molecule has 1 aromatic carbocycles. The van der Waals surface area contributed by atoms with Crippen molar-refractivity contribution < 1.29 is 4.92 Å². The van der Waals surface area contributed by atoms with Crippen LogP contribution in [0.4, 0.5) is 5.69 Å². The van der Waals surface area contributed by atoms with Gasteiger partial charge in [0.1, 0.15) is 0 Å². The van der Waals surface area contributed by atoms with Crippen LogP contribution in [0.3, 0.4) is 0 Å². The van der Waals surface area contributed by atoms with E-state index in [1.807, 2.05) is 11.0 Å². The predicted molar refractivity (Wildman–Crippen MR) is 69.0 cm³/mol. The highest BCUT2D eigenvalue weighted by atomic mass is 32.1. The van der Waals surface area contributed by atoms with Crippen LogP contribution in [0, 0.1) is 10.1 Å². The highest BCUT2D eigenvalue weighted by molar-refractivity contribution is 7.80. The Morgan fingerprint density at radius 1 is 1.47 bits per heavy atom. The van der Waals surface area contributed by atoms with Crippen LogP contribution in [-0.2, 0) is 6.42 Å². The maximum atomic E-state index is 10.8. The molecule has 17 heavy (non-hydrogen) atoms. The quantitative estimate of drug-likeness (QED) is 0.497. The van der Waals surface area contributed by atoms with Gasteiger partial charge in [-0.3, -0.25) is 10.1 Å². The van der Waals surface area contributed by atoms with Gasteiger partial charge in [0.25, 0.3) is 5.69 Å². The molecular formula is C11H13N3O2S. The van der Waals surface area contributed by atoms with E-state index in [4.69, 9.17) is 12.2 Å². The first-order valence-corrected chi connectivity index (χ1v) is 5.84. The Hall–Kier alpha value is -1.69. The fourth-order valence-electron chi connectivity index (χ4n) is 1.88. The number of rotatable bonds is 4. The summed E-state index contributed by atoms with van der Waals surface area (Å²) in [4.78, 5) is 12.5. The summed E-state index contributed by atoms with van der Waals surface area (Å²) >= 11 is 5.12. The van der Waals surface area contributed by atoms with Gasteiger partial charge in [0.05, 0.1) is 4.92 Å². The van der Waals surface area contributed by atoms with E-state index in [0.29, 0.717) is 6.42 Å². The lowest BCUT2D eigenvalue weighted by atomic mass is 10.1. The Kier molecular flexibility index (Phi) is 3.53. The predicted octanol–water partition coefficient (Wildman–Crippen LogP) is 1.33. The molecule has 0 unspecified atom stereocenters. The molecule has 2 rings (SSSR count). The van der Waals surface area contributed by atoms with Crippen LogP contribution in [0.25, 0.3) is 0 Å². The van der Waals surface area contributed by atoms with Gasteiger partial charge >= 0.3 is 0 Å². The van der Waals surface area contributed by atoms with Gasteiger partial charge in [0, 0.05) is 31.3 Å². The van der Waals surface area contributed by atoms with E-state index >= 15 is 0 Å². The van der Waals surface area contributed by atoms with Crippen molar-refractivity contribution in [2.24, 2.45) is 0 Å². The van der Waals surface area contributed by atoms with E-state index < -0.39 is 0 Å². The highest BCUT2D eigenvalue weighted by Gasteiger charge is 2.17. The molecule has 0 spiro atoms. The third-order valence-corrected chi connectivity index (χ3v) is 3.19. The molecular weight excluding hydrogens is 238 g/mol. The summed E-state index contributed by atoms with van der Waals surface area (Å²) in [6.07, 6.45) is 0.638. The average Bonchev–Trinajstić information content (AvgIpc) is 2.72. The van der Waals surface area contributed by atoms with Crippen LogP contribution in [-0.4, -0.2) is 34.6 Å². The van der Waals surface area contributed by atoms with Crippen LogP contribution in [0.2, 0.25) is 0 Å². The summed E-state index contributed by atoms with van der Waals surface area (Å²) < 4.78 is 0. The van der Waals surface area contributed by atoms with Gasteiger partial charge in [0.2, 0.25) is 0 Å². The summed E-state index contributed by atoms with van der Waals surface area (Å²) in [5.41, 5.74) is 0.942. The van der Waals surface area contributed by atoms with Gasteiger partial charge in [-0.1, -0.05) is 18.2 Å². The summed E-state index contributed by atoms with van der Waals surface area (Å²) in [6.45, 7) is 2.45. The van der Waals surface area contributed by atoms with E-state index in [-0.39, 0.29) is 10.6 Å². The molecule has 1 fully saturated rings. The number of nitro benzene ring substituents is 1. The van der Waals surface area contributed by atoms with Crippen molar-refractivity contribution in [2.45, 2.75) is 6.42 Å². The maximum absolute atomic E-state index is 10.8. The molecule has 0 radical (unpaired) electrons. The fourth-order valence-corrected chi connectivity index (χ4v) is 2.16. The van der Waals surface area contributed by atoms with E-state index in [1.54, 1.807) is 12.1 Å². The normalized spacial score (nSPS) is 14.8. The van der Waals surface area contributed by atoms with Crippen LogP contribution in [0.5, 0.6) is 0 Å². The molecule has 0 saturated carbocycles. The number of benzene rings is 1. The number of nitrogens with zero attached hydrogens (tertiary/aromatic N) is 2. The molecule has 1 N–H and O–H groups in total. The Bertz CT molecular complexity index is 450. The highest BCUT2D eigenvalue weighted by Crippen LogP contribution is 2.18. The van der Waals surface area contributed by atoms with Crippen molar-refractivity contribution in [1.29, 1.82) is 0 Å². The fraction of sp³-hybridized carbons (Fsp3) is 0.364. The van der Waals surface area contributed by atoms with Gasteiger partial charge in [-0.2, -0.15) is 0 Å². The van der Waals surface area contributed by atoms with Crippen LogP contribution >= 0.6 is 12.2 Å². The average molecular weight is 251 g/mol. The van der Waals surface area contributed by atoms with Crippen molar-refractivity contribution in [1.82, 2.24) is 10.2 Å². The van der Waals surface area contributed by atoms with Crippen molar-refractivity contribution in [3.05, 3.63) is 39.9 Å². The lowest BCUT2D eigenvalue weighted by Gasteiger charge is -2.15. The monoisotopic (exact) mass is 251 g/mol. The van der Waals surface area contributed by atoms with Crippen LogP contribution < -0.4 is 5.32 Å². The zero-order valence-corrected chi connectivity index (χ0v) is 10.1. The van der Waals surface area contributed by atoms with Crippen LogP contribution in [0.15, 0.2) is 24.3 Å². The zero-order valence-electron chi connectivity index (χ0n) is 9.26. The molecule has 0 bridgehead atoms. The first-order chi connectivity index (χ1) is 8.18. The topological polar surface area (TPSA) is 58.4 Å². The first kappa shape index (κ1) is 11.8. The molecule has 0 aromatic heterocycles. The Morgan fingerprint density at radius 3 is 2.88 bits per heavy atom. The molecule has 1 aliphatic rings. The molecule has 1 heterocycles. The summed E-state index contributed by atoms with van der Waals surface area (Å²) in [6, 6.07) is 6.84. The van der Waals surface area contributed by atoms with Gasteiger partial charge < -0.3 is 10.2 Å². The third-order valence-electron chi connectivity index (χ3n) is 2.78. The van der Waals surface area contributed by atoms with E-state index in [1.165, 1.54) is 6.07 Å². The molecule has 6 heteroatoms. The largest absolute Gasteiger partial charge is 0.361 e. The van der Waals surface area contributed by atoms with Gasteiger partial charge in [0.15, 0.2) is 5.11 Å². The van der Waals surface area contributed by atoms with Crippen molar-refractivity contribution in [3.8, 4) is 0 Å². The van der Waals surface area contributed by atoms with E-state index in [2.05, 4.69) is 5.32 Å². The van der Waals surface area contributed by atoms with Crippen LogP contribution in [0.1, 0.15) is 5.56 Å². The maximum Gasteiger partial charge on any atom is 0.272 e. The number of para-hydroxylation sites is 1. The summed E-state index contributed by atoms with van der Waals surface area (Å²) in [5, 5.41) is 14.6. The number of nitrogens with one attached hydrogen (secondary N) is 1. The number of hydrogen-bond acceptors (Lipinski definition) is 3. The molecule has 1 aliphatic heterocycles. The second kappa shape index (κ2) is 5.09. The minimum absolute atomic E-state index is 0.186. The van der Waals surface area contributed by atoms with E-state index in [0.717, 1.165) is 30.3 Å². The molecule has 0 aliphatic carbocycles. The lowest BCUT2D eigenvalue weighted by Crippen LogP contribution is -2.29. The first-order valence-electron chi connectivity index (χ1n) is 5.43. The van der Waals surface area contributed by atoms with Gasteiger partial charge in [-0.15, -0.1) is 0 Å². The van der Waals surface area contributed by atoms with Gasteiger partial charge in [-0.25, -0.2) is 0 Å². The van der Waals surface area contributed by atoms with E-state index in [9.17, 15) is 10.1 Å². The number of thiocarbonyl (C=S) groups is 1. The smallest absolute Gasteiger partial charge is 0.272 e. The molecule has 90 valence electrons. The third kappa shape index (κ3) is 2.71. The Labute approximate surface area is 105 Å². The number of hydrogen-bond donors (Lipinski definition) is 1. The second-order valence-electron chi connectivity index (χ2n) is 3.85. The number of nitro groups is 1.